The number of hydrogen-bond acceptors (Lipinski definition) is 1. The van der Waals surface area contributed by atoms with Gasteiger partial charge in [-0.3, -0.25) is 0 Å². The van der Waals surface area contributed by atoms with Crippen LogP contribution in [0.5, 0.6) is 0 Å². The highest BCUT2D eigenvalue weighted by atomic mass is 15.1. The molecule has 1 heteroatoms. The highest BCUT2D eigenvalue weighted by Gasteiger charge is 2.17. The molecule has 0 aliphatic carbocycles. The van der Waals surface area contributed by atoms with Crippen LogP contribution in [0.3, 0.4) is 0 Å². The summed E-state index contributed by atoms with van der Waals surface area (Å²) >= 11 is 0. The first-order valence-corrected chi connectivity index (χ1v) is 16.8. The Bertz CT molecular complexity index is 2260. The van der Waals surface area contributed by atoms with E-state index < -0.39 is 0 Å². The molecule has 0 fully saturated rings. The Morgan fingerprint density at radius 3 is 1.60 bits per heavy atom. The van der Waals surface area contributed by atoms with E-state index in [1.54, 1.807) is 0 Å². The molecule has 1 unspecified atom stereocenters. The van der Waals surface area contributed by atoms with Gasteiger partial charge >= 0.3 is 0 Å². The molecule has 8 rings (SSSR count). The van der Waals surface area contributed by atoms with Crippen LogP contribution in [0.1, 0.15) is 22.6 Å². The van der Waals surface area contributed by atoms with Crippen LogP contribution in [-0.2, 0) is 12.8 Å². The van der Waals surface area contributed by atoms with Crippen molar-refractivity contribution in [2.75, 3.05) is 4.90 Å². The average molecular weight is 616 g/mol. The Morgan fingerprint density at radius 1 is 0.375 bits per heavy atom. The Labute approximate surface area is 283 Å². The van der Waals surface area contributed by atoms with Crippen molar-refractivity contribution in [3.8, 4) is 11.1 Å². The quantitative estimate of drug-likeness (QED) is 0.156. The molecule has 0 saturated carbocycles. The monoisotopic (exact) mass is 615 g/mol. The maximum Gasteiger partial charge on any atom is 0.0540 e. The van der Waals surface area contributed by atoms with Gasteiger partial charge in [-0.2, -0.15) is 0 Å². The standard InChI is InChI=1S/C47H37N/c1-3-13-36(14-4-1)42(34-41-19-11-17-39-15-7-9-22-45(39)41)33-35-25-27-37(28-26-35)38-29-31-44(32-30-38)48(43-20-5-2-6-21-43)47-24-12-18-40-16-8-10-23-46(40)47/h1-32,42H,33-34H2. The van der Waals surface area contributed by atoms with Crippen molar-refractivity contribution in [3.63, 3.8) is 0 Å². The second kappa shape index (κ2) is 13.4. The lowest BCUT2D eigenvalue weighted by Gasteiger charge is -2.27. The van der Waals surface area contributed by atoms with Gasteiger partial charge in [-0.1, -0.05) is 164 Å². The van der Waals surface area contributed by atoms with E-state index in [4.69, 9.17) is 0 Å². The summed E-state index contributed by atoms with van der Waals surface area (Å²) in [5.41, 5.74) is 10.0. The van der Waals surface area contributed by atoms with E-state index in [2.05, 4.69) is 199 Å². The van der Waals surface area contributed by atoms with Crippen LogP contribution in [0.2, 0.25) is 0 Å². The first kappa shape index (κ1) is 29.5. The van der Waals surface area contributed by atoms with E-state index in [1.165, 1.54) is 55.0 Å². The summed E-state index contributed by atoms with van der Waals surface area (Å²) in [5, 5.41) is 5.13. The van der Waals surface area contributed by atoms with Gasteiger partial charge < -0.3 is 4.90 Å². The lowest BCUT2D eigenvalue weighted by atomic mass is 9.85. The third-order valence-corrected chi connectivity index (χ3v) is 9.53. The summed E-state index contributed by atoms with van der Waals surface area (Å²) in [5.74, 6) is 0.389. The highest BCUT2D eigenvalue weighted by molar-refractivity contribution is 5.99. The Balaban J connectivity index is 1.07. The first-order valence-electron chi connectivity index (χ1n) is 16.8. The van der Waals surface area contributed by atoms with Crippen molar-refractivity contribution in [1.29, 1.82) is 0 Å². The summed E-state index contributed by atoms with van der Waals surface area (Å²) < 4.78 is 0. The number of hydrogen-bond donors (Lipinski definition) is 0. The van der Waals surface area contributed by atoms with Crippen LogP contribution in [0, 0.1) is 0 Å². The first-order chi connectivity index (χ1) is 23.8. The molecule has 230 valence electrons. The topological polar surface area (TPSA) is 3.24 Å². The van der Waals surface area contributed by atoms with E-state index in [-0.39, 0.29) is 0 Å². The molecule has 0 heterocycles. The van der Waals surface area contributed by atoms with E-state index in [0.29, 0.717) is 5.92 Å². The van der Waals surface area contributed by atoms with E-state index >= 15 is 0 Å². The van der Waals surface area contributed by atoms with Crippen LogP contribution >= 0.6 is 0 Å². The summed E-state index contributed by atoms with van der Waals surface area (Å²) in [4.78, 5) is 2.36. The third-order valence-electron chi connectivity index (χ3n) is 9.53. The van der Waals surface area contributed by atoms with Gasteiger partial charge in [-0.05, 0) is 93.1 Å². The fraction of sp³-hybridized carbons (Fsp3) is 0.0638. The molecular weight excluding hydrogens is 579 g/mol. The molecule has 0 aromatic heterocycles. The van der Waals surface area contributed by atoms with Gasteiger partial charge in [0.05, 0.1) is 5.69 Å². The normalized spacial score (nSPS) is 11.8. The maximum absolute atomic E-state index is 2.36. The van der Waals surface area contributed by atoms with E-state index in [0.717, 1.165) is 24.2 Å². The van der Waals surface area contributed by atoms with Crippen molar-refractivity contribution < 1.29 is 0 Å². The molecular formula is C47H37N. The second-order valence-electron chi connectivity index (χ2n) is 12.6. The van der Waals surface area contributed by atoms with Crippen LogP contribution in [0.4, 0.5) is 17.1 Å². The molecule has 1 atom stereocenters. The third kappa shape index (κ3) is 6.11. The summed E-state index contributed by atoms with van der Waals surface area (Å²) in [7, 11) is 0. The minimum absolute atomic E-state index is 0.389. The lowest BCUT2D eigenvalue weighted by molar-refractivity contribution is 0.683. The van der Waals surface area contributed by atoms with Gasteiger partial charge in [0.1, 0.15) is 0 Å². The van der Waals surface area contributed by atoms with Crippen molar-refractivity contribution in [2.24, 2.45) is 0 Å². The number of fused-ring (bicyclic) bond motifs is 2. The van der Waals surface area contributed by atoms with Gasteiger partial charge in [-0.25, -0.2) is 0 Å². The molecule has 0 radical (unpaired) electrons. The summed E-state index contributed by atoms with van der Waals surface area (Å²) in [6.45, 7) is 0. The smallest absolute Gasteiger partial charge is 0.0540 e. The molecule has 0 aliphatic rings. The molecule has 1 nitrogen and oxygen atoms in total. The number of para-hydroxylation sites is 1. The number of anilines is 3. The number of benzene rings is 8. The van der Waals surface area contributed by atoms with Crippen LogP contribution in [0.15, 0.2) is 194 Å². The van der Waals surface area contributed by atoms with Crippen molar-refractivity contribution in [1.82, 2.24) is 0 Å². The predicted molar refractivity (Wildman–Crippen MR) is 205 cm³/mol. The molecule has 0 saturated heterocycles. The van der Waals surface area contributed by atoms with Crippen molar-refractivity contribution >= 4 is 38.6 Å². The molecule has 0 N–H and O–H groups in total. The van der Waals surface area contributed by atoms with Crippen molar-refractivity contribution in [2.45, 2.75) is 18.8 Å². The molecule has 0 amide bonds. The minimum Gasteiger partial charge on any atom is -0.310 e. The molecule has 0 aliphatic heterocycles. The number of rotatable bonds is 9. The Morgan fingerprint density at radius 2 is 0.896 bits per heavy atom. The SMILES string of the molecule is c1ccc(C(Cc2ccc(-c3ccc(N(c4ccccc4)c4cccc5ccccc45)cc3)cc2)Cc2cccc3ccccc23)cc1. The average Bonchev–Trinajstić information content (AvgIpc) is 3.16. The number of nitrogens with zero attached hydrogens (tertiary/aromatic N) is 1. The molecule has 48 heavy (non-hydrogen) atoms. The zero-order valence-electron chi connectivity index (χ0n) is 26.9. The molecule has 0 spiro atoms. The van der Waals surface area contributed by atoms with Gasteiger partial charge in [0.15, 0.2) is 0 Å². The molecule has 8 aromatic carbocycles. The van der Waals surface area contributed by atoms with Gasteiger partial charge in [-0.15, -0.1) is 0 Å². The van der Waals surface area contributed by atoms with Crippen LogP contribution in [-0.4, -0.2) is 0 Å². The van der Waals surface area contributed by atoms with Crippen LogP contribution in [0.25, 0.3) is 32.7 Å². The Hall–Kier alpha value is -5.92. The minimum atomic E-state index is 0.389. The van der Waals surface area contributed by atoms with E-state index in [9.17, 15) is 0 Å². The Kier molecular flexibility index (Phi) is 8.25. The second-order valence-corrected chi connectivity index (χ2v) is 12.6. The zero-order chi connectivity index (χ0) is 32.1. The van der Waals surface area contributed by atoms with Gasteiger partial charge in [0.25, 0.3) is 0 Å². The van der Waals surface area contributed by atoms with Crippen LogP contribution < -0.4 is 4.90 Å². The molecule has 0 bridgehead atoms. The van der Waals surface area contributed by atoms with Crippen molar-refractivity contribution in [3.05, 3.63) is 211 Å². The highest BCUT2D eigenvalue weighted by Crippen LogP contribution is 2.39. The lowest BCUT2D eigenvalue weighted by Crippen LogP contribution is -2.10. The fourth-order valence-corrected chi connectivity index (χ4v) is 7.10. The summed E-state index contributed by atoms with van der Waals surface area (Å²) in [6.07, 6.45) is 1.99. The van der Waals surface area contributed by atoms with Gasteiger partial charge in [0.2, 0.25) is 0 Å². The summed E-state index contributed by atoms with van der Waals surface area (Å²) in [6, 6.07) is 70.4. The maximum atomic E-state index is 2.36. The van der Waals surface area contributed by atoms with E-state index in [1.807, 2.05) is 0 Å². The molecule has 8 aromatic rings. The largest absolute Gasteiger partial charge is 0.310 e. The van der Waals surface area contributed by atoms with Gasteiger partial charge in [0, 0.05) is 16.8 Å². The predicted octanol–water partition coefficient (Wildman–Crippen LogP) is 12.7. The zero-order valence-corrected chi connectivity index (χ0v) is 26.9. The fourth-order valence-electron chi connectivity index (χ4n) is 7.10.